The molecule has 0 spiro atoms. The lowest BCUT2D eigenvalue weighted by Crippen LogP contribution is -2.28. The summed E-state index contributed by atoms with van der Waals surface area (Å²) >= 11 is 0. The van der Waals surface area contributed by atoms with Crippen LogP contribution >= 0.6 is 0 Å². The van der Waals surface area contributed by atoms with Crippen molar-refractivity contribution in [1.82, 2.24) is 15.0 Å². The van der Waals surface area contributed by atoms with E-state index < -0.39 is 0 Å². The number of nitrogens with zero attached hydrogens (tertiary/aromatic N) is 4. The molecule has 1 aromatic heterocycles. The molecule has 0 fully saturated rings. The maximum Gasteiger partial charge on any atom is 0.164 e. The Morgan fingerprint density at radius 1 is 0.655 bits per heavy atom. The van der Waals surface area contributed by atoms with E-state index in [9.17, 15) is 0 Å². The van der Waals surface area contributed by atoms with Crippen molar-refractivity contribution in [2.24, 2.45) is 4.99 Å². The zero-order valence-corrected chi connectivity index (χ0v) is 33.9. The monoisotopic (exact) mass is 752 g/mol. The summed E-state index contributed by atoms with van der Waals surface area (Å²) in [4.78, 5) is 20.2. The second kappa shape index (κ2) is 15.4. The topological polar surface area (TPSA) is 51.0 Å². The Kier molecular flexibility index (Phi) is 9.87. The van der Waals surface area contributed by atoms with Crippen LogP contribution in [-0.4, -0.2) is 20.7 Å². The number of benzene rings is 5. The van der Waals surface area contributed by atoms with Crippen molar-refractivity contribution in [3.8, 4) is 33.9 Å². The van der Waals surface area contributed by atoms with Gasteiger partial charge in [0.1, 0.15) is 0 Å². The Hall–Kier alpha value is -6.52. The number of hydrogen-bond acceptors (Lipinski definition) is 4. The summed E-state index contributed by atoms with van der Waals surface area (Å²) in [6, 6.07) is 43.1. The molecule has 0 unspecified atom stereocenters. The van der Waals surface area contributed by atoms with E-state index in [-0.39, 0.29) is 5.41 Å². The fourth-order valence-electron chi connectivity index (χ4n) is 8.96. The highest BCUT2D eigenvalue weighted by molar-refractivity contribution is 5.99. The highest BCUT2D eigenvalue weighted by Gasteiger charge is 2.35. The third-order valence-electron chi connectivity index (χ3n) is 12.1. The number of aliphatic imine (C=N–C) groups is 1. The van der Waals surface area contributed by atoms with E-state index in [1.54, 1.807) is 0 Å². The van der Waals surface area contributed by atoms with Crippen molar-refractivity contribution in [2.45, 2.75) is 65.2 Å². The van der Waals surface area contributed by atoms with Crippen LogP contribution in [0.3, 0.4) is 0 Å². The molecule has 4 nitrogen and oxygen atoms in total. The van der Waals surface area contributed by atoms with E-state index in [1.165, 1.54) is 44.5 Å². The van der Waals surface area contributed by atoms with E-state index in [2.05, 4.69) is 156 Å². The standard InChI is InChI=1S/C54H48N4/c1-35-18-12-13-27-44(35)53-57-51(39-21-10-7-11-22-39)56-52(58-53)43-26-15-25-42(33-43)46-29-17-31-50-48(46)34-47-45(28-16-30-49(47)54(50,4)5)41-24-14-23-40(32-41)37(3)55-36(2)38-19-8-6-9-20-38/h6-11,13,15-17,19-23,25-33H,3,12,14,18,24,34H2,1-2,4-5H3/b55-36+. The van der Waals surface area contributed by atoms with Crippen LogP contribution in [0, 0.1) is 0 Å². The molecule has 3 aliphatic carbocycles. The molecule has 284 valence electrons. The molecule has 0 bridgehead atoms. The lowest BCUT2D eigenvalue weighted by molar-refractivity contribution is 0.610. The molecule has 9 rings (SSSR count). The maximum atomic E-state index is 5.13. The van der Waals surface area contributed by atoms with Crippen molar-refractivity contribution in [2.75, 3.05) is 0 Å². The second-order valence-corrected chi connectivity index (χ2v) is 16.2. The average Bonchev–Trinajstić information content (AvgIpc) is 3.27. The molecule has 0 N–H and O–H groups in total. The van der Waals surface area contributed by atoms with Crippen molar-refractivity contribution in [3.05, 3.63) is 208 Å². The minimum atomic E-state index is -0.187. The molecule has 4 heteroatoms. The SMILES string of the molecule is C=C(/N=C(\C)c1ccccc1)C1=CCCC(c2cccc3c2Cc2c(-c4cccc(-c5nc(C6=C(C)CCC=C6)nc(-c6ccccc6)n5)c4)cccc2C3(C)C)=C1. The van der Waals surface area contributed by atoms with Crippen molar-refractivity contribution < 1.29 is 0 Å². The van der Waals surface area contributed by atoms with Gasteiger partial charge in [-0.1, -0.05) is 159 Å². The van der Waals surface area contributed by atoms with Crippen LogP contribution in [0.5, 0.6) is 0 Å². The third-order valence-corrected chi connectivity index (χ3v) is 12.1. The minimum absolute atomic E-state index is 0.187. The number of hydrogen-bond donors (Lipinski definition) is 0. The van der Waals surface area contributed by atoms with Gasteiger partial charge in [-0.2, -0.15) is 0 Å². The number of aromatic nitrogens is 3. The van der Waals surface area contributed by atoms with E-state index in [1.807, 2.05) is 24.3 Å². The molecule has 1 heterocycles. The Morgan fingerprint density at radius 2 is 1.28 bits per heavy atom. The molecule has 5 aromatic carbocycles. The molecule has 0 atom stereocenters. The molecule has 0 radical (unpaired) electrons. The Labute approximate surface area is 342 Å². The normalized spacial score (nSPS) is 16.0. The number of rotatable bonds is 8. The average molecular weight is 753 g/mol. The first-order chi connectivity index (χ1) is 28.2. The van der Waals surface area contributed by atoms with E-state index in [0.717, 1.165) is 82.7 Å². The molecule has 0 saturated carbocycles. The van der Waals surface area contributed by atoms with Gasteiger partial charge in [0.2, 0.25) is 0 Å². The van der Waals surface area contributed by atoms with Crippen molar-refractivity contribution in [1.29, 1.82) is 0 Å². The fourth-order valence-corrected chi connectivity index (χ4v) is 8.96. The van der Waals surface area contributed by atoms with Gasteiger partial charge in [0.25, 0.3) is 0 Å². The highest BCUT2D eigenvalue weighted by atomic mass is 15.0. The zero-order valence-electron chi connectivity index (χ0n) is 33.9. The van der Waals surface area contributed by atoms with Gasteiger partial charge < -0.3 is 0 Å². The van der Waals surface area contributed by atoms with Crippen molar-refractivity contribution >= 4 is 16.9 Å². The van der Waals surface area contributed by atoms with Gasteiger partial charge in [-0.25, -0.2) is 15.0 Å². The van der Waals surface area contributed by atoms with Gasteiger partial charge in [0.05, 0.1) is 5.70 Å². The van der Waals surface area contributed by atoms with Crippen LogP contribution in [0.25, 0.3) is 45.0 Å². The molecule has 0 saturated heterocycles. The summed E-state index contributed by atoms with van der Waals surface area (Å²) in [5, 5.41) is 0. The molecule has 3 aliphatic rings. The van der Waals surface area contributed by atoms with E-state index in [0.29, 0.717) is 11.6 Å². The lowest BCUT2D eigenvalue weighted by Gasteiger charge is -2.38. The van der Waals surface area contributed by atoms with Gasteiger partial charge in [-0.15, -0.1) is 0 Å². The van der Waals surface area contributed by atoms with Gasteiger partial charge in [-0.3, -0.25) is 4.99 Å². The van der Waals surface area contributed by atoms with Crippen LogP contribution in [0.15, 0.2) is 174 Å². The highest BCUT2D eigenvalue weighted by Crippen LogP contribution is 2.47. The molecular weight excluding hydrogens is 705 g/mol. The van der Waals surface area contributed by atoms with Crippen LogP contribution in [0.1, 0.15) is 92.6 Å². The van der Waals surface area contributed by atoms with Crippen LogP contribution in [0.4, 0.5) is 0 Å². The summed E-state index contributed by atoms with van der Waals surface area (Å²) < 4.78 is 0. The van der Waals surface area contributed by atoms with E-state index in [4.69, 9.17) is 19.9 Å². The van der Waals surface area contributed by atoms with Crippen LogP contribution in [0.2, 0.25) is 0 Å². The van der Waals surface area contributed by atoms with Crippen LogP contribution in [-0.2, 0) is 11.8 Å². The lowest BCUT2D eigenvalue weighted by atomic mass is 9.66. The summed E-state index contributed by atoms with van der Waals surface area (Å²) in [7, 11) is 0. The predicted molar refractivity (Wildman–Crippen MR) is 242 cm³/mol. The molecule has 0 aliphatic heterocycles. The Morgan fingerprint density at radius 3 is 2.02 bits per heavy atom. The smallest absolute Gasteiger partial charge is 0.164 e. The first kappa shape index (κ1) is 37.1. The van der Waals surface area contributed by atoms with Gasteiger partial charge in [0, 0.05) is 27.8 Å². The zero-order chi connectivity index (χ0) is 39.8. The molecule has 6 aromatic rings. The first-order valence-electron chi connectivity index (χ1n) is 20.5. The number of fused-ring (bicyclic) bond motifs is 2. The van der Waals surface area contributed by atoms with E-state index >= 15 is 0 Å². The largest absolute Gasteiger partial charge is 0.253 e. The van der Waals surface area contributed by atoms with Crippen molar-refractivity contribution in [3.63, 3.8) is 0 Å². The van der Waals surface area contributed by atoms with Gasteiger partial charge >= 0.3 is 0 Å². The fraction of sp³-hybridized carbons (Fsp3) is 0.185. The second-order valence-electron chi connectivity index (χ2n) is 16.2. The van der Waals surface area contributed by atoms with Crippen LogP contribution < -0.4 is 0 Å². The molecular formula is C54H48N4. The summed E-state index contributed by atoms with van der Waals surface area (Å²) in [5.74, 6) is 2.09. The first-order valence-corrected chi connectivity index (χ1v) is 20.5. The molecule has 0 amide bonds. The summed E-state index contributed by atoms with van der Waals surface area (Å²) in [6.07, 6.45) is 13.8. The van der Waals surface area contributed by atoms with Gasteiger partial charge in [0.15, 0.2) is 17.5 Å². The molecule has 58 heavy (non-hydrogen) atoms. The Bertz CT molecular complexity index is 2740. The summed E-state index contributed by atoms with van der Waals surface area (Å²) in [5.41, 5.74) is 18.8. The minimum Gasteiger partial charge on any atom is -0.253 e. The summed E-state index contributed by atoms with van der Waals surface area (Å²) in [6.45, 7) is 13.4. The predicted octanol–water partition coefficient (Wildman–Crippen LogP) is 13.4. The number of allylic oxidation sites excluding steroid dienone is 7. The maximum absolute atomic E-state index is 5.13. The Balaban J connectivity index is 1.10. The van der Waals surface area contributed by atoms with Gasteiger partial charge in [-0.05, 0) is 114 Å². The third kappa shape index (κ3) is 7.05. The quantitative estimate of drug-likeness (QED) is 0.145.